The number of amides is 1. The van der Waals surface area contributed by atoms with Crippen LogP contribution in [0.3, 0.4) is 0 Å². The van der Waals surface area contributed by atoms with E-state index in [9.17, 15) is 23.5 Å². The normalized spacial score (nSPS) is 11.6. The molecule has 0 aliphatic rings. The zero-order valence-electron chi connectivity index (χ0n) is 12.8. The molecule has 1 amide bonds. The topological polar surface area (TPSA) is 75.6 Å². The monoisotopic (exact) mass is 335 g/mol. The minimum atomic E-state index is -1.32. The van der Waals surface area contributed by atoms with Gasteiger partial charge in [0.25, 0.3) is 5.91 Å². The third-order valence-corrected chi connectivity index (χ3v) is 3.37. The molecule has 2 aromatic carbocycles. The minimum absolute atomic E-state index is 0.0325. The molecular formula is C17H15F2NO4. The molecule has 0 aliphatic carbocycles. The number of carboxylic acid groups (broad SMARTS) is 1. The van der Waals surface area contributed by atoms with Crippen molar-refractivity contribution in [3.8, 4) is 5.75 Å². The molecule has 24 heavy (non-hydrogen) atoms. The molecule has 5 nitrogen and oxygen atoms in total. The molecule has 126 valence electrons. The van der Waals surface area contributed by atoms with Crippen molar-refractivity contribution < 1.29 is 28.2 Å². The van der Waals surface area contributed by atoms with Gasteiger partial charge in [-0.3, -0.25) is 4.79 Å². The predicted octanol–water partition coefficient (Wildman–Crippen LogP) is 2.40. The number of hydrogen-bond donors (Lipinski definition) is 2. The number of rotatable bonds is 6. The lowest BCUT2D eigenvalue weighted by atomic mass is 10.0. The number of methoxy groups -OCH3 is 1. The molecule has 0 fully saturated rings. The summed E-state index contributed by atoms with van der Waals surface area (Å²) in [5.74, 6) is -4.24. The molecule has 7 heteroatoms. The Kier molecular flexibility index (Phi) is 5.47. The number of nitrogens with one attached hydrogen (secondary N) is 1. The molecule has 2 N–H and O–H groups in total. The first-order valence-electron chi connectivity index (χ1n) is 7.03. The molecule has 0 heterocycles. The Morgan fingerprint density at radius 1 is 1.21 bits per heavy atom. The van der Waals surface area contributed by atoms with Crippen LogP contribution in [0, 0.1) is 11.6 Å². The maximum atomic E-state index is 13.6. The Morgan fingerprint density at radius 3 is 2.58 bits per heavy atom. The largest absolute Gasteiger partial charge is 0.497 e. The lowest BCUT2D eigenvalue weighted by Gasteiger charge is -2.15. The number of hydrogen-bond acceptors (Lipinski definition) is 3. The van der Waals surface area contributed by atoms with Gasteiger partial charge in [-0.05, 0) is 29.8 Å². The van der Waals surface area contributed by atoms with Crippen molar-refractivity contribution in [3.05, 3.63) is 65.2 Å². The third kappa shape index (κ3) is 4.07. The highest BCUT2D eigenvalue weighted by molar-refractivity contribution is 5.96. The summed E-state index contributed by atoms with van der Waals surface area (Å²) < 4.78 is 31.9. The second kappa shape index (κ2) is 7.54. The van der Waals surface area contributed by atoms with Crippen LogP contribution in [0.25, 0.3) is 0 Å². The van der Waals surface area contributed by atoms with E-state index < -0.39 is 35.1 Å². The molecule has 0 bridgehead atoms. The fourth-order valence-electron chi connectivity index (χ4n) is 2.15. The summed E-state index contributed by atoms with van der Waals surface area (Å²) in [6.07, 6.45) is -0.0325. The molecule has 0 saturated heterocycles. The van der Waals surface area contributed by atoms with E-state index in [-0.39, 0.29) is 6.42 Å². The van der Waals surface area contributed by atoms with Gasteiger partial charge in [-0.15, -0.1) is 0 Å². The summed E-state index contributed by atoms with van der Waals surface area (Å²) >= 11 is 0. The van der Waals surface area contributed by atoms with Crippen molar-refractivity contribution in [3.63, 3.8) is 0 Å². The Bertz CT molecular complexity index is 764. The number of carboxylic acids is 1. The van der Waals surface area contributed by atoms with Crippen LogP contribution in [-0.4, -0.2) is 30.1 Å². The van der Waals surface area contributed by atoms with E-state index in [1.165, 1.54) is 13.2 Å². The van der Waals surface area contributed by atoms with Crippen LogP contribution >= 0.6 is 0 Å². The first-order valence-corrected chi connectivity index (χ1v) is 7.03. The van der Waals surface area contributed by atoms with Crippen LogP contribution in [0.15, 0.2) is 42.5 Å². The summed E-state index contributed by atoms with van der Waals surface area (Å²) in [5.41, 5.74) is 0.0636. The smallest absolute Gasteiger partial charge is 0.326 e. The lowest BCUT2D eigenvalue weighted by Crippen LogP contribution is -2.42. The SMILES string of the molecule is COc1cccc(C[C@@H](NC(=O)c2cccc(F)c2F)C(=O)O)c1. The number of carbonyl (C=O) groups excluding carboxylic acids is 1. The van der Waals surface area contributed by atoms with Gasteiger partial charge >= 0.3 is 5.97 Å². The van der Waals surface area contributed by atoms with Crippen LogP contribution < -0.4 is 10.1 Å². The van der Waals surface area contributed by atoms with E-state index in [0.717, 1.165) is 12.1 Å². The molecule has 0 saturated carbocycles. The molecule has 1 atom stereocenters. The number of aliphatic carboxylic acids is 1. The highest BCUT2D eigenvalue weighted by atomic mass is 19.2. The maximum Gasteiger partial charge on any atom is 0.326 e. The van der Waals surface area contributed by atoms with Gasteiger partial charge in [0.05, 0.1) is 12.7 Å². The third-order valence-electron chi connectivity index (χ3n) is 3.37. The Labute approximate surface area is 136 Å². The first-order chi connectivity index (χ1) is 11.4. The van der Waals surface area contributed by atoms with E-state index in [1.54, 1.807) is 24.3 Å². The van der Waals surface area contributed by atoms with Crippen LogP contribution in [0.2, 0.25) is 0 Å². The van der Waals surface area contributed by atoms with Crippen molar-refractivity contribution in [2.45, 2.75) is 12.5 Å². The van der Waals surface area contributed by atoms with Gasteiger partial charge in [0.2, 0.25) is 0 Å². The van der Waals surface area contributed by atoms with E-state index in [2.05, 4.69) is 5.32 Å². The van der Waals surface area contributed by atoms with Gasteiger partial charge in [0.15, 0.2) is 11.6 Å². The molecule has 2 rings (SSSR count). The molecule has 0 unspecified atom stereocenters. The van der Waals surface area contributed by atoms with Gasteiger partial charge in [0.1, 0.15) is 11.8 Å². The predicted molar refractivity (Wildman–Crippen MR) is 81.9 cm³/mol. The molecule has 0 aromatic heterocycles. The molecule has 0 spiro atoms. The van der Waals surface area contributed by atoms with Crippen LogP contribution in [-0.2, 0) is 11.2 Å². The summed E-state index contributed by atoms with van der Waals surface area (Å²) in [6.45, 7) is 0. The van der Waals surface area contributed by atoms with Crippen molar-refractivity contribution >= 4 is 11.9 Å². The maximum absolute atomic E-state index is 13.6. The van der Waals surface area contributed by atoms with E-state index in [1.807, 2.05) is 0 Å². The fraction of sp³-hybridized carbons (Fsp3) is 0.176. The molecule has 2 aromatic rings. The second-order valence-corrected chi connectivity index (χ2v) is 5.02. The second-order valence-electron chi connectivity index (χ2n) is 5.02. The molecule has 0 aliphatic heterocycles. The van der Waals surface area contributed by atoms with Crippen molar-refractivity contribution in [2.75, 3.05) is 7.11 Å². The summed E-state index contributed by atoms with van der Waals surface area (Å²) in [7, 11) is 1.47. The standard InChI is InChI=1S/C17H15F2NO4/c1-24-11-5-2-4-10(8-11)9-14(17(22)23)20-16(21)12-6-3-7-13(18)15(12)19/h2-8,14H,9H2,1H3,(H,20,21)(H,22,23)/t14-/m1/s1. The van der Waals surface area contributed by atoms with Gasteiger partial charge < -0.3 is 15.2 Å². The van der Waals surface area contributed by atoms with E-state index in [4.69, 9.17) is 4.74 Å². The van der Waals surface area contributed by atoms with Crippen LogP contribution in [0.4, 0.5) is 8.78 Å². The molecule has 0 radical (unpaired) electrons. The highest BCUT2D eigenvalue weighted by Crippen LogP contribution is 2.15. The average Bonchev–Trinajstić information content (AvgIpc) is 2.56. The van der Waals surface area contributed by atoms with Crippen molar-refractivity contribution in [2.24, 2.45) is 0 Å². The Balaban J connectivity index is 2.17. The van der Waals surface area contributed by atoms with E-state index >= 15 is 0 Å². The minimum Gasteiger partial charge on any atom is -0.497 e. The van der Waals surface area contributed by atoms with Crippen LogP contribution in [0.1, 0.15) is 15.9 Å². The number of carbonyl (C=O) groups is 2. The number of halogens is 2. The molecular weight excluding hydrogens is 320 g/mol. The number of ether oxygens (including phenoxy) is 1. The quantitative estimate of drug-likeness (QED) is 0.850. The summed E-state index contributed by atoms with van der Waals surface area (Å²) in [6, 6.07) is 8.51. The van der Waals surface area contributed by atoms with Gasteiger partial charge in [0, 0.05) is 6.42 Å². The summed E-state index contributed by atoms with van der Waals surface area (Å²) in [4.78, 5) is 23.4. The zero-order chi connectivity index (χ0) is 17.7. The summed E-state index contributed by atoms with van der Waals surface area (Å²) in [5, 5.41) is 11.5. The Morgan fingerprint density at radius 2 is 1.92 bits per heavy atom. The Hall–Kier alpha value is -2.96. The van der Waals surface area contributed by atoms with Crippen molar-refractivity contribution in [1.82, 2.24) is 5.32 Å². The first kappa shape index (κ1) is 17.4. The van der Waals surface area contributed by atoms with E-state index in [0.29, 0.717) is 11.3 Å². The van der Waals surface area contributed by atoms with Crippen LogP contribution in [0.5, 0.6) is 5.75 Å². The zero-order valence-corrected chi connectivity index (χ0v) is 12.8. The highest BCUT2D eigenvalue weighted by Gasteiger charge is 2.23. The fourth-order valence-corrected chi connectivity index (χ4v) is 2.15. The van der Waals surface area contributed by atoms with Gasteiger partial charge in [-0.25, -0.2) is 13.6 Å². The lowest BCUT2D eigenvalue weighted by molar-refractivity contribution is -0.139. The number of benzene rings is 2. The van der Waals surface area contributed by atoms with Gasteiger partial charge in [-0.2, -0.15) is 0 Å². The van der Waals surface area contributed by atoms with Gasteiger partial charge in [-0.1, -0.05) is 18.2 Å². The average molecular weight is 335 g/mol. The van der Waals surface area contributed by atoms with Crippen molar-refractivity contribution in [1.29, 1.82) is 0 Å².